The second-order valence-corrected chi connectivity index (χ2v) is 5.50. The van der Waals surface area contributed by atoms with Gasteiger partial charge in [0.1, 0.15) is 0 Å². The quantitative estimate of drug-likeness (QED) is 0.511. The molecule has 1 amide bonds. The van der Waals surface area contributed by atoms with Gasteiger partial charge in [-0.2, -0.15) is 0 Å². The monoisotopic (exact) mass is 276 g/mol. The van der Waals surface area contributed by atoms with Crippen LogP contribution in [0, 0.1) is 0 Å². The molecule has 2 N–H and O–H groups in total. The molecule has 0 aliphatic carbocycles. The normalized spacial score (nSPS) is 11.5. The molecule has 5 heteroatoms. The van der Waals surface area contributed by atoms with E-state index in [1.54, 1.807) is 18.4 Å². The molecule has 0 radical (unpaired) electrons. The third-order valence-corrected chi connectivity index (χ3v) is 4.05. The number of nitrogens with two attached hydrogens (primary N) is 1. The first-order valence-corrected chi connectivity index (χ1v) is 5.80. The third-order valence-electron chi connectivity index (χ3n) is 2.04. The zero-order valence-corrected chi connectivity index (χ0v) is 10.8. The van der Waals surface area contributed by atoms with Gasteiger partial charge < -0.3 is 0 Å². The van der Waals surface area contributed by atoms with Gasteiger partial charge in [0, 0.05) is 21.8 Å². The van der Waals surface area contributed by atoms with Crippen LogP contribution in [0.2, 0.25) is 0 Å². The molecule has 0 aliphatic heterocycles. The molecular formula is C9H13BrN2OS. The van der Waals surface area contributed by atoms with Crippen molar-refractivity contribution >= 4 is 33.2 Å². The molecule has 0 bridgehead atoms. The van der Waals surface area contributed by atoms with Gasteiger partial charge in [-0.1, -0.05) is 0 Å². The summed E-state index contributed by atoms with van der Waals surface area (Å²) in [5, 5.41) is 3.09. The van der Waals surface area contributed by atoms with Crippen molar-refractivity contribution in [1.29, 1.82) is 0 Å². The van der Waals surface area contributed by atoms with Crippen LogP contribution in [0.15, 0.2) is 15.9 Å². The van der Waals surface area contributed by atoms with Crippen LogP contribution in [0.25, 0.3) is 0 Å². The van der Waals surface area contributed by atoms with Crippen molar-refractivity contribution in [3.05, 3.63) is 20.8 Å². The first-order valence-electron chi connectivity index (χ1n) is 4.13. The van der Waals surface area contributed by atoms with Crippen LogP contribution in [0.3, 0.4) is 0 Å². The van der Waals surface area contributed by atoms with E-state index in [1.165, 1.54) is 0 Å². The highest BCUT2D eigenvalue weighted by Crippen LogP contribution is 2.32. The standard InChI is InChI=1S/C9H13BrN2OS/c1-9(2,8(13)12(3)11)7-4-6(10)5-14-7/h4-5H,11H2,1-3H3. The van der Waals surface area contributed by atoms with Gasteiger partial charge in [-0.15, -0.1) is 11.3 Å². The number of carbonyl (C=O) groups is 1. The SMILES string of the molecule is CN(N)C(=O)C(C)(C)c1cc(Br)cs1. The Morgan fingerprint density at radius 1 is 1.64 bits per heavy atom. The summed E-state index contributed by atoms with van der Waals surface area (Å²) in [7, 11) is 1.56. The van der Waals surface area contributed by atoms with Crippen molar-refractivity contribution in [1.82, 2.24) is 5.01 Å². The van der Waals surface area contributed by atoms with Crippen LogP contribution >= 0.6 is 27.3 Å². The Morgan fingerprint density at radius 3 is 2.57 bits per heavy atom. The Labute approximate surface area is 96.0 Å². The molecule has 78 valence electrons. The van der Waals surface area contributed by atoms with Crippen molar-refractivity contribution in [3.8, 4) is 0 Å². The lowest BCUT2D eigenvalue weighted by Crippen LogP contribution is -2.44. The predicted molar refractivity (Wildman–Crippen MR) is 62.0 cm³/mol. The fourth-order valence-corrected chi connectivity index (χ4v) is 2.73. The lowest BCUT2D eigenvalue weighted by atomic mass is 9.90. The Bertz CT molecular complexity index is 346. The van der Waals surface area contributed by atoms with E-state index >= 15 is 0 Å². The van der Waals surface area contributed by atoms with Crippen molar-refractivity contribution in [3.63, 3.8) is 0 Å². The number of hydrogen-bond acceptors (Lipinski definition) is 3. The molecule has 0 aromatic carbocycles. The van der Waals surface area contributed by atoms with Crippen LogP contribution in [-0.4, -0.2) is 18.0 Å². The molecule has 0 saturated heterocycles. The van der Waals surface area contributed by atoms with E-state index in [4.69, 9.17) is 5.84 Å². The second-order valence-electron chi connectivity index (χ2n) is 3.67. The summed E-state index contributed by atoms with van der Waals surface area (Å²) in [6, 6.07) is 1.95. The Morgan fingerprint density at radius 2 is 2.21 bits per heavy atom. The fourth-order valence-electron chi connectivity index (χ4n) is 1.19. The van der Waals surface area contributed by atoms with Crippen LogP contribution in [0.1, 0.15) is 18.7 Å². The van der Waals surface area contributed by atoms with E-state index in [9.17, 15) is 4.79 Å². The fraction of sp³-hybridized carbons (Fsp3) is 0.444. The molecule has 1 rings (SSSR count). The molecule has 1 heterocycles. The van der Waals surface area contributed by atoms with Crippen molar-refractivity contribution in [2.24, 2.45) is 5.84 Å². The molecule has 0 atom stereocenters. The van der Waals surface area contributed by atoms with Gasteiger partial charge >= 0.3 is 0 Å². The van der Waals surface area contributed by atoms with Gasteiger partial charge in [-0.25, -0.2) is 5.84 Å². The summed E-state index contributed by atoms with van der Waals surface area (Å²) in [6.45, 7) is 3.74. The number of nitrogens with zero attached hydrogens (tertiary/aromatic N) is 1. The van der Waals surface area contributed by atoms with Crippen LogP contribution in [0.4, 0.5) is 0 Å². The van der Waals surface area contributed by atoms with Crippen molar-refractivity contribution < 1.29 is 4.79 Å². The summed E-state index contributed by atoms with van der Waals surface area (Å²) in [4.78, 5) is 12.8. The average Bonchev–Trinajstić information content (AvgIpc) is 2.50. The zero-order valence-electron chi connectivity index (χ0n) is 8.37. The topological polar surface area (TPSA) is 46.3 Å². The smallest absolute Gasteiger partial charge is 0.247 e. The van der Waals surface area contributed by atoms with Gasteiger partial charge in [0.15, 0.2) is 0 Å². The van der Waals surface area contributed by atoms with Crippen LogP contribution < -0.4 is 5.84 Å². The highest BCUT2D eigenvalue weighted by molar-refractivity contribution is 9.10. The summed E-state index contributed by atoms with van der Waals surface area (Å²) < 4.78 is 0.998. The first-order chi connectivity index (χ1) is 6.35. The van der Waals surface area contributed by atoms with Crippen LogP contribution in [-0.2, 0) is 10.2 Å². The summed E-state index contributed by atoms with van der Waals surface area (Å²) in [6.07, 6.45) is 0. The molecule has 0 aliphatic rings. The molecule has 0 spiro atoms. The van der Waals surface area contributed by atoms with Crippen LogP contribution in [0.5, 0.6) is 0 Å². The van der Waals surface area contributed by atoms with E-state index < -0.39 is 5.41 Å². The Balaban J connectivity index is 3.01. The molecular weight excluding hydrogens is 264 g/mol. The highest BCUT2D eigenvalue weighted by atomic mass is 79.9. The maximum absolute atomic E-state index is 11.8. The van der Waals surface area contributed by atoms with Gasteiger partial charge in [0.05, 0.1) is 5.41 Å². The molecule has 3 nitrogen and oxygen atoms in total. The number of carbonyl (C=O) groups excluding carboxylic acids is 1. The summed E-state index contributed by atoms with van der Waals surface area (Å²) in [5.41, 5.74) is -0.555. The summed E-state index contributed by atoms with van der Waals surface area (Å²) >= 11 is 4.92. The number of rotatable bonds is 2. The average molecular weight is 277 g/mol. The number of halogens is 1. The van der Waals surface area contributed by atoms with Gasteiger partial charge in [-0.05, 0) is 35.8 Å². The molecule has 14 heavy (non-hydrogen) atoms. The molecule has 0 saturated carbocycles. The van der Waals surface area contributed by atoms with Gasteiger partial charge in [-0.3, -0.25) is 9.80 Å². The number of hydrogen-bond donors (Lipinski definition) is 1. The van der Waals surface area contributed by atoms with Gasteiger partial charge in [0.25, 0.3) is 0 Å². The zero-order chi connectivity index (χ0) is 10.9. The largest absolute Gasteiger partial charge is 0.283 e. The first kappa shape index (κ1) is 11.7. The van der Waals surface area contributed by atoms with E-state index in [0.29, 0.717) is 0 Å². The van der Waals surface area contributed by atoms with Gasteiger partial charge in [0.2, 0.25) is 5.91 Å². The summed E-state index contributed by atoms with van der Waals surface area (Å²) in [5.74, 6) is 5.35. The lowest BCUT2D eigenvalue weighted by molar-refractivity contribution is -0.135. The third kappa shape index (κ3) is 2.16. The predicted octanol–water partition coefficient (Wildman–Crippen LogP) is 2.12. The minimum atomic E-state index is -0.555. The minimum Gasteiger partial charge on any atom is -0.283 e. The molecule has 0 fully saturated rings. The molecule has 1 aromatic rings. The van der Waals surface area contributed by atoms with E-state index in [2.05, 4.69) is 15.9 Å². The number of thiophene rings is 1. The second kappa shape index (κ2) is 4.00. The maximum Gasteiger partial charge on any atom is 0.247 e. The Hall–Kier alpha value is -0.390. The van der Waals surface area contributed by atoms with Crippen molar-refractivity contribution in [2.45, 2.75) is 19.3 Å². The molecule has 1 aromatic heterocycles. The Kier molecular flexibility index (Phi) is 3.34. The van der Waals surface area contributed by atoms with E-state index in [1.807, 2.05) is 25.3 Å². The molecule has 0 unspecified atom stereocenters. The lowest BCUT2D eigenvalue weighted by Gasteiger charge is -2.25. The van der Waals surface area contributed by atoms with E-state index in [-0.39, 0.29) is 5.91 Å². The maximum atomic E-state index is 11.8. The minimum absolute atomic E-state index is 0.0909. The van der Waals surface area contributed by atoms with Crippen molar-refractivity contribution in [2.75, 3.05) is 7.05 Å². The number of amides is 1. The number of likely N-dealkylation sites (N-methyl/N-ethyl adjacent to an activating group) is 1. The van der Waals surface area contributed by atoms with E-state index in [0.717, 1.165) is 14.4 Å². The highest BCUT2D eigenvalue weighted by Gasteiger charge is 2.32. The number of hydrazine groups is 1.